The fourth-order valence-electron chi connectivity index (χ4n) is 6.15. The molecule has 0 saturated heterocycles. The molecular formula is C43H44SiZr-4. The number of fused-ring (bicyclic) bond motifs is 3. The summed E-state index contributed by atoms with van der Waals surface area (Å²) in [6, 6.07) is 42.2. The van der Waals surface area contributed by atoms with Crippen molar-refractivity contribution in [3.63, 3.8) is 0 Å². The van der Waals surface area contributed by atoms with Crippen LogP contribution in [-0.2, 0) is 23.3 Å². The van der Waals surface area contributed by atoms with Crippen LogP contribution in [0.4, 0.5) is 0 Å². The van der Waals surface area contributed by atoms with E-state index in [4.69, 9.17) is 0 Å². The summed E-state index contributed by atoms with van der Waals surface area (Å²) in [5.41, 5.74) is 12.2. The van der Waals surface area contributed by atoms with Gasteiger partial charge in [0, 0.05) is 0 Å². The van der Waals surface area contributed by atoms with Gasteiger partial charge < -0.3 is 14.9 Å². The van der Waals surface area contributed by atoms with Gasteiger partial charge >= 0.3 is 30.2 Å². The van der Waals surface area contributed by atoms with Crippen LogP contribution in [0, 0.1) is 42.5 Å². The molecule has 0 fully saturated rings. The summed E-state index contributed by atoms with van der Waals surface area (Å²) < 4.78 is 0. The molecule has 0 unspecified atom stereocenters. The van der Waals surface area contributed by atoms with Crippen molar-refractivity contribution in [1.82, 2.24) is 0 Å². The Morgan fingerprint density at radius 1 is 0.556 bits per heavy atom. The Morgan fingerprint density at radius 2 is 1.16 bits per heavy atom. The third kappa shape index (κ3) is 7.40. The van der Waals surface area contributed by atoms with Gasteiger partial charge in [-0.3, -0.25) is 0 Å². The zero-order chi connectivity index (χ0) is 30.7. The predicted molar refractivity (Wildman–Crippen MR) is 199 cm³/mol. The zero-order valence-electron chi connectivity index (χ0n) is 28.0. The summed E-state index contributed by atoms with van der Waals surface area (Å²) in [6.45, 7) is 16.3. The van der Waals surface area contributed by atoms with E-state index in [1.165, 1.54) is 106 Å². The SMILES string of the molecule is Cc1cc2c(-c3cccc4ccccc34)ccc(C)c2[cH-]1.Cc1cccc(-c2cccc3[cH-]c(C(C)C)cc23)c1C.[CH3-].[CH3-].[Si]=[Zr]. The van der Waals surface area contributed by atoms with Gasteiger partial charge in [0.05, 0.1) is 0 Å². The van der Waals surface area contributed by atoms with Crippen molar-refractivity contribution in [3.05, 3.63) is 158 Å². The van der Waals surface area contributed by atoms with Crippen LogP contribution in [-0.4, -0.2) is 6.88 Å². The van der Waals surface area contributed by atoms with E-state index in [1.54, 1.807) is 0 Å². The number of hydrogen-bond donors (Lipinski definition) is 0. The van der Waals surface area contributed by atoms with E-state index in [1.807, 2.05) is 0 Å². The average molecular weight is 680 g/mol. The molecule has 0 heterocycles. The van der Waals surface area contributed by atoms with Crippen molar-refractivity contribution >= 4 is 39.2 Å². The van der Waals surface area contributed by atoms with Crippen LogP contribution in [0.2, 0.25) is 0 Å². The summed E-state index contributed by atoms with van der Waals surface area (Å²) in [4.78, 5) is 0. The fourth-order valence-corrected chi connectivity index (χ4v) is 6.15. The first-order valence-electron chi connectivity index (χ1n) is 15.0. The molecule has 45 heavy (non-hydrogen) atoms. The maximum atomic E-state index is 3.06. The molecule has 0 amide bonds. The van der Waals surface area contributed by atoms with Gasteiger partial charge in [-0.05, 0) is 52.8 Å². The summed E-state index contributed by atoms with van der Waals surface area (Å²) in [6.07, 6.45) is 0. The first-order chi connectivity index (χ1) is 20.8. The molecule has 2 radical (unpaired) electrons. The van der Waals surface area contributed by atoms with E-state index in [-0.39, 0.29) is 14.9 Å². The molecular weight excluding hydrogens is 636 g/mol. The molecule has 0 spiro atoms. The van der Waals surface area contributed by atoms with Crippen molar-refractivity contribution in [2.45, 2.75) is 47.5 Å². The second-order valence-corrected chi connectivity index (χ2v) is 11.8. The van der Waals surface area contributed by atoms with Gasteiger partial charge in [-0.15, -0.1) is 68.6 Å². The minimum absolute atomic E-state index is 0. The molecule has 0 N–H and O–H groups in total. The molecule has 0 aliphatic heterocycles. The van der Waals surface area contributed by atoms with E-state index in [9.17, 15) is 0 Å². The summed E-state index contributed by atoms with van der Waals surface area (Å²) in [5.74, 6) is 0.578. The van der Waals surface area contributed by atoms with Crippen molar-refractivity contribution in [1.29, 1.82) is 0 Å². The Labute approximate surface area is 288 Å². The van der Waals surface area contributed by atoms with Crippen molar-refractivity contribution in [3.8, 4) is 22.3 Å². The number of hydrogen-bond acceptors (Lipinski definition) is 0. The van der Waals surface area contributed by atoms with E-state index in [2.05, 4.69) is 164 Å². The molecule has 0 aromatic heterocycles. The first-order valence-corrected chi connectivity index (χ1v) is 19.2. The van der Waals surface area contributed by atoms with Crippen LogP contribution >= 0.6 is 0 Å². The molecule has 0 aliphatic rings. The monoisotopic (exact) mass is 678 g/mol. The molecule has 228 valence electrons. The number of aryl methyl sites for hydroxylation is 3. The van der Waals surface area contributed by atoms with Crippen LogP contribution in [0.1, 0.15) is 47.6 Å². The second-order valence-electron chi connectivity index (χ2n) is 11.8. The van der Waals surface area contributed by atoms with E-state index >= 15 is 0 Å². The quantitative estimate of drug-likeness (QED) is 0.129. The van der Waals surface area contributed by atoms with E-state index < -0.39 is 0 Å². The van der Waals surface area contributed by atoms with Gasteiger partial charge in [0.15, 0.2) is 0 Å². The molecule has 0 aliphatic carbocycles. The average Bonchev–Trinajstić information content (AvgIpc) is 3.65. The topological polar surface area (TPSA) is 0 Å². The summed E-state index contributed by atoms with van der Waals surface area (Å²) >= 11 is 1.36. The minimum atomic E-state index is 0. The van der Waals surface area contributed by atoms with Crippen molar-refractivity contribution < 1.29 is 23.3 Å². The van der Waals surface area contributed by atoms with Crippen LogP contribution in [0.3, 0.4) is 0 Å². The maximum absolute atomic E-state index is 3.06. The van der Waals surface area contributed by atoms with E-state index in [0.717, 1.165) is 0 Å². The Hall–Kier alpha value is -3.32. The molecule has 0 saturated carbocycles. The van der Waals surface area contributed by atoms with Gasteiger partial charge in [-0.25, -0.2) is 0 Å². The van der Waals surface area contributed by atoms with Crippen molar-refractivity contribution in [2.75, 3.05) is 0 Å². The number of benzene rings is 5. The van der Waals surface area contributed by atoms with Gasteiger partial charge in [-0.2, -0.15) is 12.1 Å². The standard InChI is InChI=1S/C21H17.C20H21.2CH3.Si.Zr/c1-14-12-20-15(2)10-11-19(21(20)13-14)18-9-5-7-16-6-3-4-8-17(16)18;1-13(2)17-11-16-8-6-10-19(20(16)12-17)18-9-5-7-14(3)15(18)4;;;;/h3-13H,1-2H3;5-13H,1-4H3;2*1H3;;/q4*-1;;. The molecule has 7 aromatic rings. The Balaban J connectivity index is 0.000000224. The molecule has 7 rings (SSSR count). The van der Waals surface area contributed by atoms with Crippen LogP contribution < -0.4 is 0 Å². The van der Waals surface area contributed by atoms with Gasteiger partial charge in [0.1, 0.15) is 0 Å². The van der Waals surface area contributed by atoms with Crippen LogP contribution in [0.15, 0.2) is 115 Å². The fraction of sp³-hybridized carbons (Fsp3) is 0.163. The van der Waals surface area contributed by atoms with Gasteiger partial charge in [-0.1, -0.05) is 112 Å². The van der Waals surface area contributed by atoms with Crippen LogP contribution in [0.25, 0.3) is 54.6 Å². The van der Waals surface area contributed by atoms with Gasteiger partial charge in [0.25, 0.3) is 0 Å². The summed E-state index contributed by atoms with van der Waals surface area (Å²) in [7, 11) is 0. The van der Waals surface area contributed by atoms with Crippen molar-refractivity contribution in [2.24, 2.45) is 0 Å². The Kier molecular flexibility index (Phi) is 12.7. The Morgan fingerprint density at radius 3 is 1.89 bits per heavy atom. The molecule has 0 nitrogen and oxygen atoms in total. The molecule has 2 heteroatoms. The predicted octanol–water partition coefficient (Wildman–Crippen LogP) is 12.5. The molecule has 0 bridgehead atoms. The second kappa shape index (κ2) is 15.8. The third-order valence-corrected chi connectivity index (χ3v) is 8.66. The van der Waals surface area contributed by atoms with Gasteiger partial charge in [0.2, 0.25) is 0 Å². The zero-order valence-corrected chi connectivity index (χ0v) is 31.5. The Bertz CT molecular complexity index is 2030. The summed E-state index contributed by atoms with van der Waals surface area (Å²) in [5, 5.41) is 8.09. The molecule has 7 aromatic carbocycles. The van der Waals surface area contributed by atoms with E-state index in [0.29, 0.717) is 5.92 Å². The third-order valence-electron chi connectivity index (χ3n) is 8.66. The number of rotatable bonds is 3. The molecule has 0 atom stereocenters. The normalized spacial score (nSPS) is 10.4. The van der Waals surface area contributed by atoms with Crippen LogP contribution in [0.5, 0.6) is 0 Å². The first kappa shape index (κ1) is 36.2.